The molecule has 0 unspecified atom stereocenters. The first kappa shape index (κ1) is 19.9. The first-order chi connectivity index (χ1) is 14.3. The normalized spacial score (nSPS) is 13.7. The molecule has 1 aliphatic rings. The Morgan fingerprint density at radius 2 is 1.87 bits per heavy atom. The molecule has 0 radical (unpaired) electrons. The summed E-state index contributed by atoms with van der Waals surface area (Å²) in [5.74, 6) is 1.04. The lowest BCUT2D eigenvalue weighted by molar-refractivity contribution is -0.120. The molecule has 2 aromatic heterocycles. The summed E-state index contributed by atoms with van der Waals surface area (Å²) in [6.07, 6.45) is 3.56. The number of benzene rings is 1. The van der Waals surface area contributed by atoms with Crippen LogP contribution in [0.15, 0.2) is 48.7 Å². The Morgan fingerprint density at radius 1 is 1.10 bits per heavy atom. The van der Waals surface area contributed by atoms with Gasteiger partial charge in [0, 0.05) is 18.4 Å². The number of amides is 1. The summed E-state index contributed by atoms with van der Waals surface area (Å²) >= 11 is 0. The second-order valence-electron chi connectivity index (χ2n) is 7.97. The van der Waals surface area contributed by atoms with Gasteiger partial charge in [-0.1, -0.05) is 0 Å². The van der Waals surface area contributed by atoms with E-state index >= 15 is 0 Å². The van der Waals surface area contributed by atoms with Crippen molar-refractivity contribution in [1.29, 1.82) is 0 Å². The van der Waals surface area contributed by atoms with E-state index in [1.807, 2.05) is 39.0 Å². The van der Waals surface area contributed by atoms with E-state index in [-0.39, 0.29) is 11.7 Å². The summed E-state index contributed by atoms with van der Waals surface area (Å²) in [4.78, 5) is 28.7. The third-order valence-corrected chi connectivity index (χ3v) is 5.38. The standard InChI is InChI=1S/C23H24FN5O/c1-15-25-13-12-21(26-15)29-14-4-5-18-19(29)10-11-20(28-18)23(2,3)22(30)27-17-8-6-16(24)7-9-17/h6-13H,4-5,14H2,1-3H3,(H,27,30). The summed E-state index contributed by atoms with van der Waals surface area (Å²) < 4.78 is 13.1. The van der Waals surface area contributed by atoms with Crippen LogP contribution in [0.3, 0.4) is 0 Å². The highest BCUT2D eigenvalue weighted by Gasteiger charge is 2.33. The highest BCUT2D eigenvalue weighted by atomic mass is 19.1. The van der Waals surface area contributed by atoms with Crippen LogP contribution in [0.5, 0.6) is 0 Å². The molecule has 1 amide bonds. The van der Waals surface area contributed by atoms with Crippen molar-refractivity contribution in [3.05, 3.63) is 71.7 Å². The molecule has 3 aromatic rings. The molecule has 7 heteroatoms. The van der Waals surface area contributed by atoms with Crippen molar-refractivity contribution in [1.82, 2.24) is 15.0 Å². The number of hydrogen-bond donors (Lipinski definition) is 1. The number of anilines is 3. The first-order valence-electron chi connectivity index (χ1n) is 9.99. The molecule has 4 rings (SSSR count). The summed E-state index contributed by atoms with van der Waals surface area (Å²) in [7, 11) is 0. The van der Waals surface area contributed by atoms with Crippen LogP contribution in [0.1, 0.15) is 37.5 Å². The summed E-state index contributed by atoms with van der Waals surface area (Å²) in [6.45, 7) is 6.42. The summed E-state index contributed by atoms with van der Waals surface area (Å²) in [6, 6.07) is 11.6. The van der Waals surface area contributed by atoms with E-state index < -0.39 is 5.41 Å². The Morgan fingerprint density at radius 3 is 2.60 bits per heavy atom. The van der Waals surface area contributed by atoms with Gasteiger partial charge < -0.3 is 10.2 Å². The van der Waals surface area contributed by atoms with Crippen molar-refractivity contribution < 1.29 is 9.18 Å². The maximum atomic E-state index is 13.1. The lowest BCUT2D eigenvalue weighted by Gasteiger charge is -2.31. The van der Waals surface area contributed by atoms with Crippen molar-refractivity contribution in [3.8, 4) is 0 Å². The van der Waals surface area contributed by atoms with Crippen LogP contribution in [0, 0.1) is 12.7 Å². The summed E-state index contributed by atoms with van der Waals surface area (Å²) in [5, 5.41) is 2.86. The molecule has 0 atom stereocenters. The van der Waals surface area contributed by atoms with Crippen LogP contribution in [0.4, 0.5) is 21.6 Å². The van der Waals surface area contributed by atoms with Gasteiger partial charge in [0.25, 0.3) is 0 Å². The highest BCUT2D eigenvalue weighted by Crippen LogP contribution is 2.34. The number of aryl methyl sites for hydroxylation is 2. The Hall–Kier alpha value is -3.35. The van der Waals surface area contributed by atoms with Crippen LogP contribution in [-0.2, 0) is 16.6 Å². The number of fused-ring (bicyclic) bond motifs is 1. The van der Waals surface area contributed by atoms with Crippen LogP contribution in [0.25, 0.3) is 0 Å². The Labute approximate surface area is 175 Å². The fourth-order valence-corrected chi connectivity index (χ4v) is 3.57. The maximum absolute atomic E-state index is 13.1. The van der Waals surface area contributed by atoms with Crippen molar-refractivity contribution in [2.45, 2.75) is 39.0 Å². The van der Waals surface area contributed by atoms with Gasteiger partial charge >= 0.3 is 0 Å². The molecule has 3 heterocycles. The number of carbonyl (C=O) groups is 1. The Bertz CT molecular complexity index is 1080. The molecule has 0 saturated heterocycles. The van der Waals surface area contributed by atoms with Gasteiger partial charge in [-0.2, -0.15) is 0 Å². The van der Waals surface area contributed by atoms with E-state index in [0.29, 0.717) is 11.4 Å². The average molecular weight is 405 g/mol. The van der Waals surface area contributed by atoms with Crippen molar-refractivity contribution in [2.24, 2.45) is 0 Å². The van der Waals surface area contributed by atoms with Crippen LogP contribution in [-0.4, -0.2) is 27.4 Å². The fraction of sp³-hybridized carbons (Fsp3) is 0.304. The number of rotatable bonds is 4. The molecule has 0 saturated carbocycles. The minimum atomic E-state index is -0.850. The molecule has 1 aromatic carbocycles. The maximum Gasteiger partial charge on any atom is 0.236 e. The average Bonchev–Trinajstić information content (AvgIpc) is 2.74. The van der Waals surface area contributed by atoms with E-state index in [2.05, 4.69) is 20.2 Å². The van der Waals surface area contributed by atoms with Gasteiger partial charge in [0.2, 0.25) is 5.91 Å². The van der Waals surface area contributed by atoms with Gasteiger partial charge in [0.05, 0.1) is 22.5 Å². The van der Waals surface area contributed by atoms with E-state index in [0.717, 1.165) is 42.4 Å². The first-order valence-corrected chi connectivity index (χ1v) is 9.99. The van der Waals surface area contributed by atoms with Crippen LogP contribution >= 0.6 is 0 Å². The van der Waals surface area contributed by atoms with Crippen molar-refractivity contribution in [3.63, 3.8) is 0 Å². The predicted molar refractivity (Wildman–Crippen MR) is 114 cm³/mol. The van der Waals surface area contributed by atoms with Gasteiger partial charge in [0.15, 0.2) is 0 Å². The van der Waals surface area contributed by atoms with Gasteiger partial charge in [-0.3, -0.25) is 9.78 Å². The number of hydrogen-bond acceptors (Lipinski definition) is 5. The lowest BCUT2D eigenvalue weighted by atomic mass is 9.87. The minimum absolute atomic E-state index is 0.194. The predicted octanol–water partition coefficient (Wildman–Crippen LogP) is 4.32. The highest BCUT2D eigenvalue weighted by molar-refractivity contribution is 5.98. The van der Waals surface area contributed by atoms with Crippen molar-refractivity contribution >= 4 is 23.1 Å². The van der Waals surface area contributed by atoms with E-state index in [4.69, 9.17) is 4.98 Å². The Balaban J connectivity index is 1.61. The molecule has 1 N–H and O–H groups in total. The SMILES string of the molecule is Cc1nccc(N2CCCc3nc(C(C)(C)C(=O)Nc4ccc(F)cc4)ccc32)n1. The van der Waals surface area contributed by atoms with Gasteiger partial charge in [0.1, 0.15) is 17.5 Å². The fourth-order valence-electron chi connectivity index (χ4n) is 3.57. The molecular weight excluding hydrogens is 381 g/mol. The van der Waals surface area contributed by atoms with E-state index in [1.165, 1.54) is 12.1 Å². The van der Waals surface area contributed by atoms with Gasteiger partial charge in [-0.05, 0) is 76.1 Å². The lowest BCUT2D eigenvalue weighted by Crippen LogP contribution is -2.36. The van der Waals surface area contributed by atoms with Gasteiger partial charge in [-0.15, -0.1) is 0 Å². The molecule has 154 valence electrons. The van der Waals surface area contributed by atoms with Crippen LogP contribution in [0.2, 0.25) is 0 Å². The number of nitrogens with zero attached hydrogens (tertiary/aromatic N) is 4. The third-order valence-electron chi connectivity index (χ3n) is 5.38. The largest absolute Gasteiger partial charge is 0.325 e. The topological polar surface area (TPSA) is 71.0 Å². The van der Waals surface area contributed by atoms with Gasteiger partial charge in [-0.25, -0.2) is 14.4 Å². The van der Waals surface area contributed by atoms with E-state index in [9.17, 15) is 9.18 Å². The molecule has 0 aliphatic carbocycles. The third kappa shape index (κ3) is 3.87. The number of aromatic nitrogens is 3. The second kappa shape index (κ2) is 7.82. The molecule has 1 aliphatic heterocycles. The molecule has 0 bridgehead atoms. The zero-order chi connectivity index (χ0) is 21.3. The summed E-state index contributed by atoms with van der Waals surface area (Å²) in [5.41, 5.74) is 2.37. The quantitative estimate of drug-likeness (QED) is 0.700. The minimum Gasteiger partial charge on any atom is -0.325 e. The smallest absolute Gasteiger partial charge is 0.236 e. The number of halogens is 1. The van der Waals surface area contributed by atoms with Crippen molar-refractivity contribution in [2.75, 3.05) is 16.8 Å². The second-order valence-corrected chi connectivity index (χ2v) is 7.97. The monoisotopic (exact) mass is 405 g/mol. The molecule has 30 heavy (non-hydrogen) atoms. The molecule has 0 fully saturated rings. The number of carbonyl (C=O) groups excluding carboxylic acids is 1. The Kier molecular flexibility index (Phi) is 5.20. The number of pyridine rings is 1. The molecular formula is C23H24FN5O. The van der Waals surface area contributed by atoms with Crippen LogP contribution < -0.4 is 10.2 Å². The van der Waals surface area contributed by atoms with E-state index in [1.54, 1.807) is 18.3 Å². The number of nitrogens with one attached hydrogen (secondary N) is 1. The molecule has 0 spiro atoms. The zero-order valence-electron chi connectivity index (χ0n) is 17.3. The molecule has 6 nitrogen and oxygen atoms in total. The zero-order valence-corrected chi connectivity index (χ0v) is 17.3.